The van der Waals surface area contributed by atoms with E-state index in [1.807, 2.05) is 0 Å². The quantitative estimate of drug-likeness (QED) is 0.838. The molecule has 5 nitrogen and oxygen atoms in total. The van der Waals surface area contributed by atoms with Crippen molar-refractivity contribution >= 4 is 0 Å². The van der Waals surface area contributed by atoms with Crippen LogP contribution in [0.1, 0.15) is 25.7 Å². The van der Waals surface area contributed by atoms with Crippen molar-refractivity contribution in [3.05, 3.63) is 12.4 Å². The number of aromatic nitrogens is 2. The lowest BCUT2D eigenvalue weighted by Gasteiger charge is -2.23. The maximum Gasteiger partial charge on any atom is 0.220 e. The van der Waals surface area contributed by atoms with Gasteiger partial charge in [0.25, 0.3) is 0 Å². The predicted molar refractivity (Wildman–Crippen MR) is 64.3 cm³/mol. The summed E-state index contributed by atoms with van der Waals surface area (Å²) < 4.78 is 10.6. The van der Waals surface area contributed by atoms with Crippen molar-refractivity contribution in [2.75, 3.05) is 20.3 Å². The minimum absolute atomic E-state index is 0.533. The minimum atomic E-state index is 0.533. The van der Waals surface area contributed by atoms with Crippen LogP contribution in [0.25, 0.3) is 0 Å². The van der Waals surface area contributed by atoms with Gasteiger partial charge in [-0.3, -0.25) is 0 Å². The maximum absolute atomic E-state index is 5.58. The van der Waals surface area contributed by atoms with Gasteiger partial charge in [-0.1, -0.05) is 6.42 Å². The highest BCUT2D eigenvalue weighted by Crippen LogP contribution is 2.14. The first-order valence-electron chi connectivity index (χ1n) is 6.10. The summed E-state index contributed by atoms with van der Waals surface area (Å²) in [6, 6.07) is 2.29. The van der Waals surface area contributed by atoms with Crippen LogP contribution in [0.5, 0.6) is 11.8 Å². The molecule has 17 heavy (non-hydrogen) atoms. The Hall–Kier alpha value is -1.36. The van der Waals surface area contributed by atoms with Gasteiger partial charge in [-0.15, -0.1) is 0 Å². The van der Waals surface area contributed by atoms with E-state index in [1.54, 1.807) is 13.2 Å². The van der Waals surface area contributed by atoms with E-state index in [2.05, 4.69) is 15.3 Å². The zero-order valence-corrected chi connectivity index (χ0v) is 10.2. The monoisotopic (exact) mass is 237 g/mol. The molecule has 0 radical (unpaired) electrons. The zero-order valence-electron chi connectivity index (χ0n) is 10.2. The van der Waals surface area contributed by atoms with Crippen LogP contribution >= 0.6 is 0 Å². The fourth-order valence-electron chi connectivity index (χ4n) is 1.99. The average Bonchev–Trinajstić information content (AvgIpc) is 2.40. The normalized spacial score (nSPS) is 19.9. The number of hydrogen-bond acceptors (Lipinski definition) is 5. The van der Waals surface area contributed by atoms with E-state index in [0.717, 1.165) is 13.0 Å². The molecule has 2 heterocycles. The highest BCUT2D eigenvalue weighted by Gasteiger charge is 2.12. The molecule has 0 bridgehead atoms. The SMILES string of the molecule is COc1cc(OCCC2CCCCN2)ncn1. The molecule has 1 unspecified atom stereocenters. The summed E-state index contributed by atoms with van der Waals surface area (Å²) in [5.74, 6) is 1.11. The average molecular weight is 237 g/mol. The molecular formula is C12H19N3O2. The molecule has 94 valence electrons. The van der Waals surface area contributed by atoms with Crippen LogP contribution in [0.15, 0.2) is 12.4 Å². The fourth-order valence-corrected chi connectivity index (χ4v) is 1.99. The summed E-state index contributed by atoms with van der Waals surface area (Å²) in [4.78, 5) is 7.97. The van der Waals surface area contributed by atoms with Gasteiger partial charge in [-0.05, 0) is 25.8 Å². The Morgan fingerprint density at radius 1 is 1.35 bits per heavy atom. The fraction of sp³-hybridized carbons (Fsp3) is 0.667. The molecule has 5 heteroatoms. The third-order valence-electron chi connectivity index (χ3n) is 2.95. The Morgan fingerprint density at radius 2 is 2.24 bits per heavy atom. The highest BCUT2D eigenvalue weighted by atomic mass is 16.5. The van der Waals surface area contributed by atoms with Crippen LogP contribution < -0.4 is 14.8 Å². The molecular weight excluding hydrogens is 218 g/mol. The number of hydrogen-bond donors (Lipinski definition) is 1. The first kappa shape index (κ1) is 12.1. The minimum Gasteiger partial charge on any atom is -0.481 e. The second-order valence-electron chi connectivity index (χ2n) is 4.18. The van der Waals surface area contributed by atoms with Crippen LogP contribution in [-0.2, 0) is 0 Å². The summed E-state index contributed by atoms with van der Waals surface area (Å²) in [5.41, 5.74) is 0. The second-order valence-corrected chi connectivity index (χ2v) is 4.18. The van der Waals surface area contributed by atoms with Gasteiger partial charge >= 0.3 is 0 Å². The van der Waals surface area contributed by atoms with E-state index in [4.69, 9.17) is 9.47 Å². The van der Waals surface area contributed by atoms with Crippen molar-refractivity contribution in [1.29, 1.82) is 0 Å². The van der Waals surface area contributed by atoms with Gasteiger partial charge in [0, 0.05) is 6.04 Å². The lowest BCUT2D eigenvalue weighted by molar-refractivity contribution is 0.258. The first-order chi connectivity index (χ1) is 8.38. The molecule has 0 spiro atoms. The van der Waals surface area contributed by atoms with Gasteiger partial charge in [0.1, 0.15) is 6.33 Å². The Labute approximate surface area is 102 Å². The Kier molecular flexibility index (Phi) is 4.55. The van der Waals surface area contributed by atoms with Crippen molar-refractivity contribution < 1.29 is 9.47 Å². The largest absolute Gasteiger partial charge is 0.481 e. The maximum atomic E-state index is 5.58. The standard InChI is InChI=1S/C12H19N3O2/c1-16-11-8-12(15-9-14-11)17-7-5-10-4-2-3-6-13-10/h8-10,13H,2-7H2,1H3. The first-order valence-corrected chi connectivity index (χ1v) is 6.10. The molecule has 0 aromatic carbocycles. The van der Waals surface area contributed by atoms with Gasteiger partial charge in [0.05, 0.1) is 19.8 Å². The summed E-state index contributed by atoms with van der Waals surface area (Å²) in [6.45, 7) is 1.81. The number of rotatable bonds is 5. The lowest BCUT2D eigenvalue weighted by Crippen LogP contribution is -2.35. The third kappa shape index (κ3) is 3.85. The second kappa shape index (κ2) is 6.39. The number of nitrogens with one attached hydrogen (secondary N) is 1. The highest BCUT2D eigenvalue weighted by molar-refractivity contribution is 5.17. The molecule has 1 aromatic heterocycles. The van der Waals surface area contributed by atoms with Crippen molar-refractivity contribution in [2.24, 2.45) is 0 Å². The number of nitrogens with zero attached hydrogens (tertiary/aromatic N) is 2. The molecule has 1 saturated heterocycles. The van der Waals surface area contributed by atoms with Crippen molar-refractivity contribution in [2.45, 2.75) is 31.7 Å². The van der Waals surface area contributed by atoms with Gasteiger partial charge < -0.3 is 14.8 Å². The molecule has 2 rings (SSSR count). The predicted octanol–water partition coefficient (Wildman–Crippen LogP) is 1.40. The zero-order chi connectivity index (χ0) is 11.9. The Balaban J connectivity index is 1.73. The van der Waals surface area contributed by atoms with E-state index in [-0.39, 0.29) is 0 Å². The number of piperidine rings is 1. The van der Waals surface area contributed by atoms with Gasteiger partial charge in [0.2, 0.25) is 11.8 Å². The van der Waals surface area contributed by atoms with Gasteiger partial charge in [0.15, 0.2) is 0 Å². The van der Waals surface area contributed by atoms with Crippen molar-refractivity contribution in [3.63, 3.8) is 0 Å². The molecule has 1 atom stereocenters. The molecule has 1 aromatic rings. The summed E-state index contributed by atoms with van der Waals surface area (Å²) in [7, 11) is 1.58. The van der Waals surface area contributed by atoms with Gasteiger partial charge in [-0.2, -0.15) is 0 Å². The summed E-state index contributed by atoms with van der Waals surface area (Å²) >= 11 is 0. The van der Waals surface area contributed by atoms with Gasteiger partial charge in [-0.25, -0.2) is 9.97 Å². The number of ether oxygens (including phenoxy) is 2. The van der Waals surface area contributed by atoms with E-state index >= 15 is 0 Å². The Bertz CT molecular complexity index is 340. The lowest BCUT2D eigenvalue weighted by atomic mass is 10.0. The van der Waals surface area contributed by atoms with Crippen LogP contribution in [0.2, 0.25) is 0 Å². The molecule has 0 aliphatic carbocycles. The van der Waals surface area contributed by atoms with Crippen LogP contribution in [0.4, 0.5) is 0 Å². The number of methoxy groups -OCH3 is 1. The molecule has 0 saturated carbocycles. The van der Waals surface area contributed by atoms with E-state index < -0.39 is 0 Å². The van der Waals surface area contributed by atoms with E-state index in [9.17, 15) is 0 Å². The van der Waals surface area contributed by atoms with Crippen LogP contribution in [-0.4, -0.2) is 36.3 Å². The molecule has 1 aliphatic heterocycles. The summed E-state index contributed by atoms with van der Waals surface area (Å²) in [5, 5.41) is 3.49. The smallest absolute Gasteiger partial charge is 0.220 e. The topological polar surface area (TPSA) is 56.3 Å². The van der Waals surface area contributed by atoms with Crippen LogP contribution in [0, 0.1) is 0 Å². The summed E-state index contributed by atoms with van der Waals surface area (Å²) in [6.07, 6.45) is 6.33. The van der Waals surface area contributed by atoms with E-state index in [1.165, 1.54) is 25.6 Å². The molecule has 0 amide bonds. The molecule has 1 aliphatic rings. The van der Waals surface area contributed by atoms with E-state index in [0.29, 0.717) is 24.4 Å². The Morgan fingerprint density at radius 3 is 3.00 bits per heavy atom. The molecule has 1 fully saturated rings. The van der Waals surface area contributed by atoms with Crippen molar-refractivity contribution in [3.8, 4) is 11.8 Å². The van der Waals surface area contributed by atoms with Crippen molar-refractivity contribution in [1.82, 2.24) is 15.3 Å². The molecule has 1 N–H and O–H groups in total. The third-order valence-corrected chi connectivity index (χ3v) is 2.95. The van der Waals surface area contributed by atoms with Crippen LogP contribution in [0.3, 0.4) is 0 Å².